The smallest absolute Gasteiger partial charge is 0.256 e. The lowest BCUT2D eigenvalue weighted by atomic mass is 9.93. The number of rotatable bonds is 2. The first-order valence-corrected chi connectivity index (χ1v) is 6.70. The highest BCUT2D eigenvalue weighted by Crippen LogP contribution is 2.28. The Labute approximate surface area is 111 Å². The SMILES string of the molecule is COc1cccc2c(=O)[nH]c(C3CCNCC3)cc12. The molecule has 3 rings (SSSR count). The third-order valence-corrected chi connectivity index (χ3v) is 3.87. The Kier molecular flexibility index (Phi) is 3.25. The van der Waals surface area contributed by atoms with E-state index < -0.39 is 0 Å². The van der Waals surface area contributed by atoms with Gasteiger partial charge < -0.3 is 15.0 Å². The Morgan fingerprint density at radius 2 is 2.00 bits per heavy atom. The summed E-state index contributed by atoms with van der Waals surface area (Å²) in [6.45, 7) is 2.02. The van der Waals surface area contributed by atoms with Crippen molar-refractivity contribution in [1.29, 1.82) is 0 Å². The molecule has 1 aromatic carbocycles. The van der Waals surface area contributed by atoms with Gasteiger partial charge in [0.15, 0.2) is 0 Å². The molecule has 2 heterocycles. The van der Waals surface area contributed by atoms with Gasteiger partial charge in [0.2, 0.25) is 0 Å². The molecule has 0 radical (unpaired) electrons. The Morgan fingerprint density at radius 1 is 1.21 bits per heavy atom. The number of pyridine rings is 1. The predicted octanol–water partition coefficient (Wildman–Crippen LogP) is 2.00. The molecule has 1 aliphatic rings. The van der Waals surface area contributed by atoms with Crippen molar-refractivity contribution in [3.8, 4) is 5.75 Å². The molecule has 1 saturated heterocycles. The van der Waals surface area contributed by atoms with Crippen LogP contribution in [0.1, 0.15) is 24.5 Å². The molecular formula is C15H18N2O2. The second kappa shape index (κ2) is 5.05. The summed E-state index contributed by atoms with van der Waals surface area (Å²) in [7, 11) is 1.64. The zero-order chi connectivity index (χ0) is 13.2. The topological polar surface area (TPSA) is 54.1 Å². The van der Waals surface area contributed by atoms with Gasteiger partial charge in [0.25, 0.3) is 5.56 Å². The summed E-state index contributed by atoms with van der Waals surface area (Å²) in [6.07, 6.45) is 2.13. The van der Waals surface area contributed by atoms with Gasteiger partial charge in [0, 0.05) is 17.0 Å². The van der Waals surface area contributed by atoms with Crippen molar-refractivity contribution in [2.75, 3.05) is 20.2 Å². The fourth-order valence-electron chi connectivity index (χ4n) is 2.81. The minimum atomic E-state index is -0.0232. The van der Waals surface area contributed by atoms with E-state index in [-0.39, 0.29) is 5.56 Å². The van der Waals surface area contributed by atoms with Crippen LogP contribution in [-0.4, -0.2) is 25.2 Å². The third kappa shape index (κ3) is 2.24. The van der Waals surface area contributed by atoms with Crippen LogP contribution < -0.4 is 15.6 Å². The molecular weight excluding hydrogens is 240 g/mol. The third-order valence-electron chi connectivity index (χ3n) is 3.87. The van der Waals surface area contributed by atoms with Gasteiger partial charge in [-0.3, -0.25) is 4.79 Å². The fraction of sp³-hybridized carbons (Fsp3) is 0.400. The number of methoxy groups -OCH3 is 1. The van der Waals surface area contributed by atoms with E-state index >= 15 is 0 Å². The molecule has 2 N–H and O–H groups in total. The number of H-pyrrole nitrogens is 1. The number of hydrogen-bond donors (Lipinski definition) is 2. The van der Waals surface area contributed by atoms with Crippen LogP contribution in [0.5, 0.6) is 5.75 Å². The molecule has 0 saturated carbocycles. The van der Waals surface area contributed by atoms with E-state index in [2.05, 4.69) is 16.4 Å². The van der Waals surface area contributed by atoms with Crippen LogP contribution in [0.4, 0.5) is 0 Å². The summed E-state index contributed by atoms with van der Waals surface area (Å²) >= 11 is 0. The highest BCUT2D eigenvalue weighted by Gasteiger charge is 2.17. The van der Waals surface area contributed by atoms with Crippen molar-refractivity contribution >= 4 is 10.8 Å². The minimum absolute atomic E-state index is 0.0232. The highest BCUT2D eigenvalue weighted by atomic mass is 16.5. The van der Waals surface area contributed by atoms with Gasteiger partial charge in [0.05, 0.1) is 12.5 Å². The van der Waals surface area contributed by atoms with Gasteiger partial charge in [-0.2, -0.15) is 0 Å². The van der Waals surface area contributed by atoms with Gasteiger partial charge >= 0.3 is 0 Å². The predicted molar refractivity (Wildman–Crippen MR) is 76.0 cm³/mol. The summed E-state index contributed by atoms with van der Waals surface area (Å²) in [4.78, 5) is 15.2. The summed E-state index contributed by atoms with van der Waals surface area (Å²) in [5.41, 5.74) is 1.01. The Balaban J connectivity index is 2.14. The van der Waals surface area contributed by atoms with Crippen LogP contribution in [0, 0.1) is 0 Å². The van der Waals surface area contributed by atoms with Crippen molar-refractivity contribution in [2.45, 2.75) is 18.8 Å². The van der Waals surface area contributed by atoms with Crippen LogP contribution in [0.2, 0.25) is 0 Å². The van der Waals surface area contributed by atoms with E-state index in [0.29, 0.717) is 11.3 Å². The number of aromatic nitrogens is 1. The number of ether oxygens (including phenoxy) is 1. The second-order valence-corrected chi connectivity index (χ2v) is 5.00. The quantitative estimate of drug-likeness (QED) is 0.866. The lowest BCUT2D eigenvalue weighted by molar-refractivity contribution is 0.419. The molecule has 100 valence electrons. The number of aromatic amines is 1. The van der Waals surface area contributed by atoms with Crippen LogP contribution in [0.15, 0.2) is 29.1 Å². The van der Waals surface area contributed by atoms with Crippen LogP contribution >= 0.6 is 0 Å². The molecule has 0 amide bonds. The lowest BCUT2D eigenvalue weighted by Crippen LogP contribution is -2.28. The van der Waals surface area contributed by atoms with Crippen LogP contribution in [0.3, 0.4) is 0 Å². The average molecular weight is 258 g/mol. The van der Waals surface area contributed by atoms with Gasteiger partial charge in [-0.05, 0) is 44.1 Å². The molecule has 1 aliphatic heterocycles. The molecule has 0 unspecified atom stereocenters. The summed E-state index contributed by atoms with van der Waals surface area (Å²) in [6, 6.07) is 7.66. The largest absolute Gasteiger partial charge is 0.496 e. The van der Waals surface area contributed by atoms with E-state index in [0.717, 1.165) is 42.8 Å². The minimum Gasteiger partial charge on any atom is -0.496 e. The molecule has 0 aliphatic carbocycles. The molecule has 0 atom stereocenters. The maximum absolute atomic E-state index is 12.2. The Bertz CT molecular complexity index is 642. The first kappa shape index (κ1) is 12.2. The molecule has 4 heteroatoms. The highest BCUT2D eigenvalue weighted by molar-refractivity contribution is 5.87. The number of fused-ring (bicyclic) bond motifs is 1. The van der Waals surface area contributed by atoms with E-state index in [4.69, 9.17) is 4.74 Å². The van der Waals surface area contributed by atoms with E-state index in [1.54, 1.807) is 7.11 Å². The Hall–Kier alpha value is -1.81. The second-order valence-electron chi connectivity index (χ2n) is 5.00. The number of nitrogens with one attached hydrogen (secondary N) is 2. The van der Waals surface area contributed by atoms with Crippen molar-refractivity contribution in [3.63, 3.8) is 0 Å². The molecule has 19 heavy (non-hydrogen) atoms. The van der Waals surface area contributed by atoms with E-state index in [1.165, 1.54) is 0 Å². The Morgan fingerprint density at radius 3 is 2.74 bits per heavy atom. The van der Waals surface area contributed by atoms with E-state index in [9.17, 15) is 4.79 Å². The average Bonchev–Trinajstić information content (AvgIpc) is 2.47. The number of benzene rings is 1. The summed E-state index contributed by atoms with van der Waals surface area (Å²) < 4.78 is 5.36. The van der Waals surface area contributed by atoms with Crippen LogP contribution in [-0.2, 0) is 0 Å². The standard InChI is InChI=1S/C15H18N2O2/c1-19-14-4-2-3-11-12(14)9-13(17-15(11)18)10-5-7-16-8-6-10/h2-4,9-10,16H,5-8H2,1H3,(H,17,18). The van der Waals surface area contributed by atoms with Gasteiger partial charge in [-0.1, -0.05) is 6.07 Å². The molecule has 1 fully saturated rings. The van der Waals surface area contributed by atoms with Crippen molar-refractivity contribution in [3.05, 3.63) is 40.3 Å². The molecule has 0 bridgehead atoms. The van der Waals surface area contributed by atoms with E-state index in [1.807, 2.05) is 18.2 Å². The van der Waals surface area contributed by atoms with Gasteiger partial charge in [0.1, 0.15) is 5.75 Å². The monoisotopic (exact) mass is 258 g/mol. The van der Waals surface area contributed by atoms with Crippen molar-refractivity contribution in [2.24, 2.45) is 0 Å². The summed E-state index contributed by atoms with van der Waals surface area (Å²) in [5, 5.41) is 4.94. The molecule has 4 nitrogen and oxygen atoms in total. The summed E-state index contributed by atoms with van der Waals surface area (Å²) in [5.74, 6) is 1.20. The fourth-order valence-corrected chi connectivity index (χ4v) is 2.81. The number of piperidine rings is 1. The maximum atomic E-state index is 12.2. The molecule has 1 aromatic heterocycles. The van der Waals surface area contributed by atoms with Crippen molar-refractivity contribution in [1.82, 2.24) is 10.3 Å². The first-order chi connectivity index (χ1) is 9.29. The first-order valence-electron chi connectivity index (χ1n) is 6.70. The van der Waals surface area contributed by atoms with Gasteiger partial charge in [-0.25, -0.2) is 0 Å². The van der Waals surface area contributed by atoms with Gasteiger partial charge in [-0.15, -0.1) is 0 Å². The zero-order valence-corrected chi connectivity index (χ0v) is 11.0. The maximum Gasteiger partial charge on any atom is 0.256 e. The molecule has 0 spiro atoms. The lowest BCUT2D eigenvalue weighted by Gasteiger charge is -2.23. The van der Waals surface area contributed by atoms with Crippen LogP contribution in [0.25, 0.3) is 10.8 Å². The molecule has 2 aromatic rings. The zero-order valence-electron chi connectivity index (χ0n) is 11.0. The normalized spacial score (nSPS) is 16.7. The van der Waals surface area contributed by atoms with Crippen molar-refractivity contribution < 1.29 is 4.74 Å². The number of hydrogen-bond acceptors (Lipinski definition) is 3.